The van der Waals surface area contributed by atoms with E-state index in [1.54, 1.807) is 0 Å². The van der Waals surface area contributed by atoms with Crippen LogP contribution in [-0.4, -0.2) is 41.9 Å². The molecule has 0 radical (unpaired) electrons. The van der Waals surface area contributed by atoms with Gasteiger partial charge >= 0.3 is 0 Å². The molecular formula is C10H20NO+. The van der Waals surface area contributed by atoms with Gasteiger partial charge in [0.2, 0.25) is 0 Å². The number of fused-ring (bicyclic) bond motifs is 2. The fraction of sp³-hybridized carbons (Fsp3) is 1.00. The molecule has 2 aliphatic rings. The number of nitrogens with zero attached hydrogens (tertiary/aromatic N) is 1. The summed E-state index contributed by atoms with van der Waals surface area (Å²) in [6, 6.07) is 1.46. The van der Waals surface area contributed by atoms with Gasteiger partial charge in [-0.2, -0.15) is 0 Å². The molecule has 0 aromatic heterocycles. The van der Waals surface area contributed by atoms with Crippen molar-refractivity contribution in [2.75, 3.05) is 14.1 Å². The van der Waals surface area contributed by atoms with Crippen molar-refractivity contribution in [1.29, 1.82) is 0 Å². The van der Waals surface area contributed by atoms with Gasteiger partial charge in [-0.25, -0.2) is 0 Å². The summed E-state index contributed by atoms with van der Waals surface area (Å²) >= 11 is 0. The Labute approximate surface area is 74.8 Å². The Morgan fingerprint density at radius 2 is 1.58 bits per heavy atom. The summed E-state index contributed by atoms with van der Waals surface area (Å²) in [6.07, 6.45) is 6.07. The molecule has 0 aromatic rings. The maximum Gasteiger partial charge on any atom is 0.0913 e. The van der Waals surface area contributed by atoms with Crippen LogP contribution in [0.3, 0.4) is 0 Å². The van der Waals surface area contributed by atoms with Gasteiger partial charge < -0.3 is 9.59 Å². The smallest absolute Gasteiger partial charge is 0.0913 e. The number of hydrogen-bond donors (Lipinski definition) is 1. The van der Waals surface area contributed by atoms with E-state index in [0.29, 0.717) is 0 Å². The van der Waals surface area contributed by atoms with Crippen LogP contribution in [0.4, 0.5) is 0 Å². The second kappa shape index (κ2) is 2.71. The number of aliphatic hydroxyl groups excluding tert-OH is 1. The zero-order chi connectivity index (χ0) is 8.77. The zero-order valence-electron chi connectivity index (χ0n) is 8.16. The van der Waals surface area contributed by atoms with Crippen LogP contribution in [0.1, 0.15) is 32.1 Å². The molecule has 2 heteroatoms. The van der Waals surface area contributed by atoms with Gasteiger partial charge in [0.05, 0.1) is 32.3 Å². The van der Waals surface area contributed by atoms with Crippen LogP contribution in [0.25, 0.3) is 0 Å². The number of aliphatic hydroxyl groups is 1. The molecule has 0 aromatic carbocycles. The predicted molar refractivity (Wildman–Crippen MR) is 48.8 cm³/mol. The Balaban J connectivity index is 2.18. The summed E-state index contributed by atoms with van der Waals surface area (Å²) in [5, 5.41) is 9.64. The van der Waals surface area contributed by atoms with Crippen molar-refractivity contribution in [1.82, 2.24) is 0 Å². The summed E-state index contributed by atoms with van der Waals surface area (Å²) < 4.78 is 1.16. The molecule has 2 fully saturated rings. The summed E-state index contributed by atoms with van der Waals surface area (Å²) in [6.45, 7) is 0. The maximum absolute atomic E-state index is 9.64. The third-order valence-corrected chi connectivity index (χ3v) is 4.05. The number of hydrogen-bond acceptors (Lipinski definition) is 1. The van der Waals surface area contributed by atoms with Crippen LogP contribution >= 0.6 is 0 Å². The molecule has 2 nitrogen and oxygen atoms in total. The highest BCUT2D eigenvalue weighted by Gasteiger charge is 2.45. The minimum absolute atomic E-state index is 0.00792. The van der Waals surface area contributed by atoms with Gasteiger partial charge in [0.1, 0.15) is 0 Å². The molecule has 70 valence electrons. The molecule has 12 heavy (non-hydrogen) atoms. The second-order valence-electron chi connectivity index (χ2n) is 4.99. The van der Waals surface area contributed by atoms with E-state index in [9.17, 15) is 5.11 Å². The number of quaternary nitrogens is 1. The van der Waals surface area contributed by atoms with E-state index >= 15 is 0 Å². The Hall–Kier alpha value is -0.0800. The zero-order valence-corrected chi connectivity index (χ0v) is 8.16. The molecule has 0 amide bonds. The van der Waals surface area contributed by atoms with Crippen molar-refractivity contribution >= 4 is 0 Å². The minimum Gasteiger partial charge on any atom is -0.393 e. The predicted octanol–water partition coefficient (Wildman–Crippen LogP) is 1.14. The lowest BCUT2D eigenvalue weighted by Crippen LogP contribution is -2.63. The second-order valence-corrected chi connectivity index (χ2v) is 4.99. The van der Waals surface area contributed by atoms with Gasteiger partial charge in [-0.3, -0.25) is 0 Å². The molecule has 2 saturated heterocycles. The Morgan fingerprint density at radius 3 is 2.08 bits per heavy atom. The van der Waals surface area contributed by atoms with Crippen molar-refractivity contribution in [2.45, 2.75) is 50.3 Å². The van der Waals surface area contributed by atoms with Crippen molar-refractivity contribution in [3.05, 3.63) is 0 Å². The summed E-state index contributed by atoms with van der Waals surface area (Å²) in [7, 11) is 4.67. The molecule has 2 atom stereocenters. The molecule has 2 bridgehead atoms. The van der Waals surface area contributed by atoms with E-state index in [0.717, 1.165) is 29.4 Å². The highest BCUT2D eigenvalue weighted by atomic mass is 16.3. The molecule has 2 heterocycles. The molecule has 0 unspecified atom stereocenters. The van der Waals surface area contributed by atoms with Crippen LogP contribution in [0.5, 0.6) is 0 Å². The van der Waals surface area contributed by atoms with E-state index in [1.807, 2.05) is 0 Å². The van der Waals surface area contributed by atoms with E-state index in [2.05, 4.69) is 14.1 Å². The van der Waals surface area contributed by atoms with Gasteiger partial charge in [0.25, 0.3) is 0 Å². The minimum atomic E-state index is -0.00792. The van der Waals surface area contributed by atoms with Crippen molar-refractivity contribution < 1.29 is 9.59 Å². The molecule has 2 aliphatic heterocycles. The SMILES string of the molecule is C[N+]1(C)[C@@H]2CCC[C@@H]1CC(O)C2. The number of piperidine rings is 2. The Kier molecular flexibility index (Phi) is 1.92. The van der Waals surface area contributed by atoms with Gasteiger partial charge in [0.15, 0.2) is 0 Å². The van der Waals surface area contributed by atoms with Crippen LogP contribution in [0, 0.1) is 0 Å². The van der Waals surface area contributed by atoms with E-state index in [-0.39, 0.29) is 6.10 Å². The largest absolute Gasteiger partial charge is 0.393 e. The topological polar surface area (TPSA) is 20.2 Å². The van der Waals surface area contributed by atoms with Crippen LogP contribution in [0.15, 0.2) is 0 Å². The normalized spacial score (nSPS) is 45.8. The van der Waals surface area contributed by atoms with E-state index < -0.39 is 0 Å². The summed E-state index contributed by atoms with van der Waals surface area (Å²) in [5.74, 6) is 0. The third kappa shape index (κ3) is 1.17. The highest BCUT2D eigenvalue weighted by molar-refractivity contribution is 4.82. The molecule has 2 rings (SSSR count). The monoisotopic (exact) mass is 170 g/mol. The quantitative estimate of drug-likeness (QED) is 0.540. The first kappa shape index (κ1) is 8.52. The first-order valence-electron chi connectivity index (χ1n) is 5.12. The van der Waals surface area contributed by atoms with Crippen LogP contribution < -0.4 is 0 Å². The van der Waals surface area contributed by atoms with Crippen LogP contribution in [0.2, 0.25) is 0 Å². The Morgan fingerprint density at radius 1 is 1.08 bits per heavy atom. The van der Waals surface area contributed by atoms with Crippen molar-refractivity contribution in [3.63, 3.8) is 0 Å². The Bertz CT molecular complexity index is 163. The molecule has 0 saturated carbocycles. The van der Waals surface area contributed by atoms with Crippen LogP contribution in [-0.2, 0) is 0 Å². The van der Waals surface area contributed by atoms with Crippen molar-refractivity contribution in [3.8, 4) is 0 Å². The lowest BCUT2D eigenvalue weighted by molar-refractivity contribution is -0.950. The number of rotatable bonds is 0. The van der Waals surface area contributed by atoms with Gasteiger partial charge in [-0.05, 0) is 19.3 Å². The molecule has 0 aliphatic carbocycles. The first-order chi connectivity index (χ1) is 5.60. The average Bonchev–Trinajstić information content (AvgIpc) is 1.92. The summed E-state index contributed by atoms with van der Waals surface area (Å²) in [4.78, 5) is 0. The summed E-state index contributed by atoms with van der Waals surface area (Å²) in [5.41, 5.74) is 0. The standard InChI is InChI=1S/C10H20NO/c1-11(2)8-4-3-5-9(11)7-10(12)6-8/h8-10,12H,3-7H2,1-2H3/q+1/t8-,9-/m1/s1. The lowest BCUT2D eigenvalue weighted by atomic mass is 9.81. The molecular weight excluding hydrogens is 150 g/mol. The third-order valence-electron chi connectivity index (χ3n) is 4.05. The van der Waals surface area contributed by atoms with E-state index in [4.69, 9.17) is 0 Å². The molecule has 0 spiro atoms. The highest BCUT2D eigenvalue weighted by Crippen LogP contribution is 2.37. The maximum atomic E-state index is 9.64. The first-order valence-corrected chi connectivity index (χ1v) is 5.12. The van der Waals surface area contributed by atoms with Gasteiger partial charge in [-0.1, -0.05) is 0 Å². The fourth-order valence-corrected chi connectivity index (χ4v) is 3.06. The fourth-order valence-electron chi connectivity index (χ4n) is 3.06. The van der Waals surface area contributed by atoms with Gasteiger partial charge in [-0.15, -0.1) is 0 Å². The molecule has 1 N–H and O–H groups in total. The average molecular weight is 170 g/mol. The van der Waals surface area contributed by atoms with Crippen molar-refractivity contribution in [2.24, 2.45) is 0 Å². The van der Waals surface area contributed by atoms with Gasteiger partial charge in [0, 0.05) is 12.8 Å². The van der Waals surface area contributed by atoms with E-state index in [1.165, 1.54) is 19.3 Å². The lowest BCUT2D eigenvalue weighted by Gasteiger charge is -2.52.